The maximum absolute atomic E-state index is 12.2. The maximum atomic E-state index is 12.2. The van der Waals surface area contributed by atoms with Crippen LogP contribution in [0, 0.1) is 5.92 Å². The van der Waals surface area contributed by atoms with E-state index in [2.05, 4.69) is 19.2 Å². The van der Waals surface area contributed by atoms with Crippen molar-refractivity contribution < 1.29 is 14.3 Å². The van der Waals surface area contributed by atoms with Crippen LogP contribution in [-0.2, 0) is 9.53 Å². The normalized spacial score (nSPS) is 12.0. The molecule has 1 aromatic carbocycles. The molecule has 0 aromatic heterocycles. The number of carbonyl (C=O) groups excluding carboxylic acids is 2. The van der Waals surface area contributed by atoms with E-state index in [1.54, 1.807) is 31.2 Å². The third-order valence-electron chi connectivity index (χ3n) is 3.25. The minimum Gasteiger partial charge on any atom is -0.466 e. The van der Waals surface area contributed by atoms with E-state index >= 15 is 0 Å². The second-order valence-corrected chi connectivity index (χ2v) is 6.09. The van der Waals surface area contributed by atoms with Crippen molar-refractivity contribution in [3.05, 3.63) is 34.9 Å². The molecule has 0 heterocycles. The first-order chi connectivity index (χ1) is 10.4. The Morgan fingerprint density at radius 2 is 1.82 bits per heavy atom. The fourth-order valence-corrected chi connectivity index (χ4v) is 2.18. The molecule has 1 amide bonds. The number of benzene rings is 1. The van der Waals surface area contributed by atoms with E-state index in [0.29, 0.717) is 23.1 Å². The van der Waals surface area contributed by atoms with Crippen molar-refractivity contribution >= 4 is 23.5 Å². The second-order valence-electron chi connectivity index (χ2n) is 5.66. The van der Waals surface area contributed by atoms with Crippen LogP contribution in [0.4, 0.5) is 0 Å². The van der Waals surface area contributed by atoms with Crippen molar-refractivity contribution in [2.24, 2.45) is 5.92 Å². The van der Waals surface area contributed by atoms with Gasteiger partial charge in [-0.25, -0.2) is 0 Å². The maximum Gasteiger partial charge on any atom is 0.307 e. The van der Waals surface area contributed by atoms with Gasteiger partial charge in [-0.1, -0.05) is 25.4 Å². The number of halogens is 1. The minimum absolute atomic E-state index is 0.194. The van der Waals surface area contributed by atoms with Gasteiger partial charge in [0, 0.05) is 16.6 Å². The quantitative estimate of drug-likeness (QED) is 0.739. The molecule has 1 rings (SSSR count). The van der Waals surface area contributed by atoms with Crippen LogP contribution in [0.1, 0.15) is 50.4 Å². The number of esters is 1. The Kier molecular flexibility index (Phi) is 7.96. The number of hydrogen-bond donors (Lipinski definition) is 1. The lowest BCUT2D eigenvalue weighted by Gasteiger charge is -2.19. The van der Waals surface area contributed by atoms with E-state index in [0.717, 1.165) is 12.8 Å². The van der Waals surface area contributed by atoms with Gasteiger partial charge in [0.1, 0.15) is 0 Å². The first-order valence-corrected chi connectivity index (χ1v) is 8.02. The van der Waals surface area contributed by atoms with Crippen molar-refractivity contribution in [2.45, 2.75) is 46.1 Å². The van der Waals surface area contributed by atoms with Crippen molar-refractivity contribution in [1.82, 2.24) is 5.32 Å². The van der Waals surface area contributed by atoms with Crippen LogP contribution in [0.3, 0.4) is 0 Å². The third-order valence-corrected chi connectivity index (χ3v) is 3.50. The van der Waals surface area contributed by atoms with Crippen LogP contribution in [0.15, 0.2) is 24.3 Å². The van der Waals surface area contributed by atoms with Gasteiger partial charge in [0.05, 0.1) is 13.0 Å². The summed E-state index contributed by atoms with van der Waals surface area (Å²) in [5.74, 6) is 0.0273. The Balaban J connectivity index is 2.67. The highest BCUT2D eigenvalue weighted by Crippen LogP contribution is 2.13. The Labute approximate surface area is 137 Å². The molecule has 1 N–H and O–H groups in total. The molecule has 0 aliphatic rings. The van der Waals surface area contributed by atoms with E-state index in [9.17, 15) is 9.59 Å². The zero-order valence-electron chi connectivity index (χ0n) is 13.4. The summed E-state index contributed by atoms with van der Waals surface area (Å²) in [6.07, 6.45) is 1.88. The molecule has 0 saturated heterocycles. The van der Waals surface area contributed by atoms with E-state index in [1.165, 1.54) is 0 Å². The van der Waals surface area contributed by atoms with Crippen LogP contribution in [-0.4, -0.2) is 24.5 Å². The van der Waals surface area contributed by atoms with Crippen molar-refractivity contribution in [1.29, 1.82) is 0 Å². The molecule has 0 bridgehead atoms. The number of ether oxygens (including phenoxy) is 1. The lowest BCUT2D eigenvalue weighted by molar-refractivity contribution is -0.143. The molecule has 0 spiro atoms. The molecule has 0 saturated carbocycles. The summed E-state index contributed by atoms with van der Waals surface area (Å²) < 4.78 is 4.97. The van der Waals surface area contributed by atoms with Gasteiger partial charge >= 0.3 is 5.97 Å². The number of rotatable bonds is 8. The highest BCUT2D eigenvalue weighted by Gasteiger charge is 2.18. The summed E-state index contributed by atoms with van der Waals surface area (Å²) >= 11 is 5.82. The summed E-state index contributed by atoms with van der Waals surface area (Å²) in [7, 11) is 0. The third kappa shape index (κ3) is 6.94. The van der Waals surface area contributed by atoms with Crippen LogP contribution in [0.25, 0.3) is 0 Å². The fourth-order valence-electron chi connectivity index (χ4n) is 2.05. The van der Waals surface area contributed by atoms with E-state index in [-0.39, 0.29) is 24.3 Å². The highest BCUT2D eigenvalue weighted by atomic mass is 35.5. The molecular weight excluding hydrogens is 302 g/mol. The summed E-state index contributed by atoms with van der Waals surface area (Å²) in [6.45, 7) is 6.35. The molecule has 22 heavy (non-hydrogen) atoms. The molecule has 0 aliphatic heterocycles. The first kappa shape index (κ1) is 18.5. The number of hydrogen-bond acceptors (Lipinski definition) is 3. The summed E-state index contributed by atoms with van der Waals surface area (Å²) in [5.41, 5.74) is 0.530. The van der Waals surface area contributed by atoms with Gasteiger partial charge in [0.15, 0.2) is 0 Å². The average Bonchev–Trinajstić information content (AvgIpc) is 2.45. The SMILES string of the molecule is CCOC(=O)CC(CCC(C)C)NC(=O)c1ccc(Cl)cc1. The minimum atomic E-state index is -0.285. The number of carbonyl (C=O) groups is 2. The zero-order valence-corrected chi connectivity index (χ0v) is 14.2. The first-order valence-electron chi connectivity index (χ1n) is 7.64. The predicted molar refractivity (Wildman–Crippen MR) is 88.0 cm³/mol. The monoisotopic (exact) mass is 325 g/mol. The van der Waals surface area contributed by atoms with Crippen LogP contribution in [0.5, 0.6) is 0 Å². The molecule has 122 valence electrons. The molecule has 4 nitrogen and oxygen atoms in total. The van der Waals surface area contributed by atoms with Gasteiger partial charge in [-0.15, -0.1) is 0 Å². The largest absolute Gasteiger partial charge is 0.466 e. The molecule has 1 aromatic rings. The molecule has 0 radical (unpaired) electrons. The molecule has 5 heteroatoms. The smallest absolute Gasteiger partial charge is 0.307 e. The van der Waals surface area contributed by atoms with E-state index in [4.69, 9.17) is 16.3 Å². The van der Waals surface area contributed by atoms with E-state index < -0.39 is 0 Å². The average molecular weight is 326 g/mol. The van der Waals surface area contributed by atoms with Gasteiger partial charge in [-0.05, 0) is 49.9 Å². The van der Waals surface area contributed by atoms with Gasteiger partial charge in [0.2, 0.25) is 0 Å². The molecule has 0 aliphatic carbocycles. The predicted octanol–water partition coefficient (Wildman–Crippen LogP) is 3.83. The molecular formula is C17H24ClNO3. The Hall–Kier alpha value is -1.55. The number of nitrogens with one attached hydrogen (secondary N) is 1. The van der Waals surface area contributed by atoms with Crippen molar-refractivity contribution in [3.63, 3.8) is 0 Å². The lowest BCUT2D eigenvalue weighted by atomic mass is 10.0. The highest BCUT2D eigenvalue weighted by molar-refractivity contribution is 6.30. The number of amides is 1. The van der Waals surface area contributed by atoms with Crippen LogP contribution in [0.2, 0.25) is 5.02 Å². The Bertz CT molecular complexity index is 485. The standard InChI is InChI=1S/C17H24ClNO3/c1-4-22-16(20)11-15(10-5-12(2)3)19-17(21)13-6-8-14(18)9-7-13/h6-9,12,15H,4-5,10-11H2,1-3H3,(H,19,21). The lowest BCUT2D eigenvalue weighted by Crippen LogP contribution is -2.37. The summed E-state index contributed by atoms with van der Waals surface area (Å²) in [4.78, 5) is 23.9. The van der Waals surface area contributed by atoms with Crippen molar-refractivity contribution in [3.8, 4) is 0 Å². The Morgan fingerprint density at radius 1 is 1.18 bits per heavy atom. The van der Waals surface area contributed by atoms with Gasteiger partial charge in [-0.2, -0.15) is 0 Å². The summed E-state index contributed by atoms with van der Waals surface area (Å²) in [5, 5.41) is 3.50. The Morgan fingerprint density at radius 3 is 2.36 bits per heavy atom. The van der Waals surface area contributed by atoms with E-state index in [1.807, 2.05) is 0 Å². The molecule has 0 fully saturated rings. The van der Waals surface area contributed by atoms with Gasteiger partial charge in [-0.3, -0.25) is 9.59 Å². The van der Waals surface area contributed by atoms with Crippen molar-refractivity contribution in [2.75, 3.05) is 6.61 Å². The van der Waals surface area contributed by atoms with Crippen LogP contribution < -0.4 is 5.32 Å². The summed E-state index contributed by atoms with van der Waals surface area (Å²) in [6, 6.07) is 6.46. The second kappa shape index (κ2) is 9.46. The zero-order chi connectivity index (χ0) is 16.5. The molecule has 1 atom stereocenters. The fraction of sp³-hybridized carbons (Fsp3) is 0.529. The van der Waals surface area contributed by atoms with Gasteiger partial charge < -0.3 is 10.1 Å². The molecule has 1 unspecified atom stereocenters. The van der Waals surface area contributed by atoms with Crippen LogP contribution >= 0.6 is 11.6 Å². The van der Waals surface area contributed by atoms with Gasteiger partial charge in [0.25, 0.3) is 5.91 Å². The topological polar surface area (TPSA) is 55.4 Å².